The first-order chi connectivity index (χ1) is 7.69. The Hall–Kier alpha value is -1.48. The molecule has 0 amide bonds. The van der Waals surface area contributed by atoms with E-state index in [9.17, 15) is 4.79 Å². The fourth-order valence-corrected chi connectivity index (χ4v) is 1.39. The van der Waals surface area contributed by atoms with Crippen molar-refractivity contribution in [3.8, 4) is 5.75 Å². The Morgan fingerprint density at radius 3 is 2.88 bits per heavy atom. The van der Waals surface area contributed by atoms with Gasteiger partial charge < -0.3 is 9.47 Å². The minimum Gasteiger partial charge on any atom is -0.492 e. The summed E-state index contributed by atoms with van der Waals surface area (Å²) in [5, 5.41) is 0.490. The Labute approximate surface area is 99.6 Å². The predicted octanol–water partition coefficient (Wildman–Crippen LogP) is 2.92. The van der Waals surface area contributed by atoms with Gasteiger partial charge in [-0.05, 0) is 24.6 Å². The van der Waals surface area contributed by atoms with E-state index in [4.69, 9.17) is 16.3 Å². The maximum absolute atomic E-state index is 10.9. The molecule has 0 saturated carbocycles. The second-order valence-electron chi connectivity index (χ2n) is 2.95. The van der Waals surface area contributed by atoms with Gasteiger partial charge in [-0.15, -0.1) is 0 Å². The molecule has 0 fully saturated rings. The molecule has 0 unspecified atom stereocenters. The number of esters is 1. The lowest BCUT2D eigenvalue weighted by Gasteiger charge is -2.07. The highest BCUT2D eigenvalue weighted by atomic mass is 35.5. The minimum absolute atomic E-state index is 0.419. The molecule has 86 valence electrons. The molecule has 0 atom stereocenters. The number of hydrogen-bond acceptors (Lipinski definition) is 3. The van der Waals surface area contributed by atoms with E-state index in [-0.39, 0.29) is 0 Å². The van der Waals surface area contributed by atoms with Crippen LogP contribution in [0.2, 0.25) is 5.02 Å². The van der Waals surface area contributed by atoms with E-state index in [1.165, 1.54) is 13.2 Å². The summed E-state index contributed by atoms with van der Waals surface area (Å²) in [5.74, 6) is 0.189. The van der Waals surface area contributed by atoms with Gasteiger partial charge in [0.05, 0.1) is 18.7 Å². The number of hydrogen-bond donors (Lipinski definition) is 0. The number of carbonyl (C=O) groups is 1. The van der Waals surface area contributed by atoms with Crippen LogP contribution in [0.3, 0.4) is 0 Å². The maximum Gasteiger partial charge on any atom is 0.330 e. The van der Waals surface area contributed by atoms with Gasteiger partial charge in [0.1, 0.15) is 5.75 Å². The molecule has 1 rings (SSSR count). The van der Waals surface area contributed by atoms with Crippen LogP contribution >= 0.6 is 11.6 Å². The molecule has 1 aromatic carbocycles. The molecule has 3 nitrogen and oxygen atoms in total. The lowest BCUT2D eigenvalue weighted by atomic mass is 10.2. The molecule has 0 aliphatic carbocycles. The molecular weight excluding hydrogens is 228 g/mol. The van der Waals surface area contributed by atoms with Gasteiger partial charge in [-0.25, -0.2) is 4.79 Å². The molecule has 0 spiro atoms. The predicted molar refractivity (Wildman–Crippen MR) is 63.7 cm³/mol. The highest BCUT2D eigenvalue weighted by Crippen LogP contribution is 2.28. The summed E-state index contributed by atoms with van der Waals surface area (Å²) in [7, 11) is 1.32. The summed E-state index contributed by atoms with van der Waals surface area (Å²) >= 11 is 6.09. The first kappa shape index (κ1) is 12.6. The van der Waals surface area contributed by atoms with Crippen molar-refractivity contribution in [1.29, 1.82) is 0 Å². The van der Waals surface area contributed by atoms with E-state index in [1.807, 2.05) is 13.0 Å². The van der Waals surface area contributed by atoms with Crippen LogP contribution in [0.5, 0.6) is 5.75 Å². The van der Waals surface area contributed by atoms with Crippen LogP contribution in [0, 0.1) is 0 Å². The van der Waals surface area contributed by atoms with Gasteiger partial charge in [-0.2, -0.15) is 0 Å². The zero-order chi connectivity index (χ0) is 12.0. The Morgan fingerprint density at radius 1 is 1.50 bits per heavy atom. The van der Waals surface area contributed by atoms with Crippen LogP contribution in [0.1, 0.15) is 12.5 Å². The fraction of sp³-hybridized carbons (Fsp3) is 0.250. The van der Waals surface area contributed by atoms with E-state index in [0.717, 1.165) is 5.56 Å². The normalized spacial score (nSPS) is 10.4. The standard InChI is InChI=1S/C12H13ClO3/c1-3-16-10-6-4-5-9(12(10)13)7-8-11(14)15-2/h4-8H,3H2,1-2H3. The second-order valence-corrected chi connectivity index (χ2v) is 3.33. The second kappa shape index (κ2) is 6.18. The molecule has 0 aliphatic rings. The third-order valence-corrected chi connectivity index (χ3v) is 2.30. The lowest BCUT2D eigenvalue weighted by molar-refractivity contribution is -0.134. The van der Waals surface area contributed by atoms with Gasteiger partial charge in [-0.1, -0.05) is 23.7 Å². The third-order valence-electron chi connectivity index (χ3n) is 1.89. The Kier molecular flexibility index (Phi) is 4.86. The minimum atomic E-state index is -0.419. The van der Waals surface area contributed by atoms with Crippen molar-refractivity contribution in [2.24, 2.45) is 0 Å². The summed E-state index contributed by atoms with van der Waals surface area (Å²) < 4.78 is 9.82. The third kappa shape index (κ3) is 3.28. The topological polar surface area (TPSA) is 35.5 Å². The molecule has 0 aromatic heterocycles. The number of carbonyl (C=O) groups excluding carboxylic acids is 1. The quantitative estimate of drug-likeness (QED) is 0.600. The molecule has 0 radical (unpaired) electrons. The molecular formula is C12H13ClO3. The molecule has 0 N–H and O–H groups in total. The van der Waals surface area contributed by atoms with Gasteiger partial charge in [0.2, 0.25) is 0 Å². The molecule has 0 bridgehead atoms. The summed E-state index contributed by atoms with van der Waals surface area (Å²) in [4.78, 5) is 10.9. The van der Waals surface area contributed by atoms with Crippen LogP contribution < -0.4 is 4.74 Å². The van der Waals surface area contributed by atoms with Crippen molar-refractivity contribution in [2.75, 3.05) is 13.7 Å². The zero-order valence-electron chi connectivity index (χ0n) is 9.20. The van der Waals surface area contributed by atoms with E-state index in [2.05, 4.69) is 4.74 Å². The van der Waals surface area contributed by atoms with Gasteiger partial charge in [0, 0.05) is 6.08 Å². The van der Waals surface area contributed by atoms with Crippen molar-refractivity contribution in [3.05, 3.63) is 34.9 Å². The van der Waals surface area contributed by atoms with Crippen LogP contribution in [0.25, 0.3) is 6.08 Å². The van der Waals surface area contributed by atoms with Crippen LogP contribution in [-0.2, 0) is 9.53 Å². The van der Waals surface area contributed by atoms with Crippen molar-refractivity contribution in [1.82, 2.24) is 0 Å². The number of benzene rings is 1. The van der Waals surface area contributed by atoms with Crippen molar-refractivity contribution >= 4 is 23.6 Å². The highest BCUT2D eigenvalue weighted by molar-refractivity contribution is 6.33. The monoisotopic (exact) mass is 240 g/mol. The number of ether oxygens (including phenoxy) is 2. The molecule has 1 aromatic rings. The van der Waals surface area contributed by atoms with Crippen molar-refractivity contribution in [3.63, 3.8) is 0 Å². The Morgan fingerprint density at radius 2 is 2.25 bits per heavy atom. The van der Waals surface area contributed by atoms with E-state index in [1.54, 1.807) is 18.2 Å². The maximum atomic E-state index is 10.9. The number of methoxy groups -OCH3 is 1. The molecule has 4 heteroatoms. The first-order valence-corrected chi connectivity index (χ1v) is 5.24. The Bertz CT molecular complexity index is 399. The van der Waals surface area contributed by atoms with E-state index < -0.39 is 5.97 Å². The summed E-state index contributed by atoms with van der Waals surface area (Å²) in [6, 6.07) is 5.39. The summed E-state index contributed by atoms with van der Waals surface area (Å²) in [5.41, 5.74) is 0.720. The van der Waals surface area contributed by atoms with Crippen LogP contribution in [0.15, 0.2) is 24.3 Å². The van der Waals surface area contributed by atoms with Crippen LogP contribution in [-0.4, -0.2) is 19.7 Å². The zero-order valence-corrected chi connectivity index (χ0v) is 9.95. The van der Waals surface area contributed by atoms with Gasteiger partial charge >= 0.3 is 5.97 Å². The van der Waals surface area contributed by atoms with E-state index >= 15 is 0 Å². The van der Waals surface area contributed by atoms with E-state index in [0.29, 0.717) is 17.4 Å². The smallest absolute Gasteiger partial charge is 0.330 e. The first-order valence-electron chi connectivity index (χ1n) is 4.86. The number of halogens is 1. The summed E-state index contributed by atoms with van der Waals surface area (Å²) in [6.07, 6.45) is 2.91. The molecule has 0 heterocycles. The number of rotatable bonds is 4. The fourth-order valence-electron chi connectivity index (χ4n) is 1.15. The average Bonchev–Trinajstić information content (AvgIpc) is 2.30. The van der Waals surface area contributed by atoms with Crippen molar-refractivity contribution in [2.45, 2.75) is 6.92 Å². The molecule has 0 aliphatic heterocycles. The SMILES string of the molecule is CCOc1cccc(C=CC(=O)OC)c1Cl. The summed E-state index contributed by atoms with van der Waals surface area (Å²) in [6.45, 7) is 2.43. The van der Waals surface area contributed by atoms with Gasteiger partial charge in [0.15, 0.2) is 0 Å². The highest BCUT2D eigenvalue weighted by Gasteiger charge is 2.04. The lowest BCUT2D eigenvalue weighted by Crippen LogP contribution is -1.95. The van der Waals surface area contributed by atoms with Gasteiger partial charge in [0.25, 0.3) is 0 Å². The van der Waals surface area contributed by atoms with Crippen molar-refractivity contribution < 1.29 is 14.3 Å². The Balaban J connectivity index is 2.92. The largest absolute Gasteiger partial charge is 0.492 e. The van der Waals surface area contributed by atoms with Gasteiger partial charge in [-0.3, -0.25) is 0 Å². The van der Waals surface area contributed by atoms with Crippen LogP contribution in [0.4, 0.5) is 0 Å². The molecule has 0 saturated heterocycles. The molecule has 16 heavy (non-hydrogen) atoms. The average molecular weight is 241 g/mol.